The molecule has 0 bridgehead atoms. The van der Waals surface area contributed by atoms with E-state index >= 15 is 0 Å². The van der Waals surface area contributed by atoms with E-state index in [0.717, 1.165) is 0 Å². The van der Waals surface area contributed by atoms with Gasteiger partial charge in [0.05, 0.1) is 31.8 Å². The molecule has 1 aliphatic heterocycles. The number of aliphatic hydroxyl groups excluding tert-OH is 1. The summed E-state index contributed by atoms with van der Waals surface area (Å²) in [5, 5.41) is 20.1. The van der Waals surface area contributed by atoms with Crippen LogP contribution in [0.5, 0.6) is 0 Å². The Morgan fingerprint density at radius 1 is 1.47 bits per heavy atom. The van der Waals surface area contributed by atoms with Crippen LogP contribution in [0.15, 0.2) is 0 Å². The van der Waals surface area contributed by atoms with Crippen LogP contribution in [0, 0.1) is 12.8 Å². The summed E-state index contributed by atoms with van der Waals surface area (Å²) < 4.78 is 5.19. The maximum atomic E-state index is 10.3. The summed E-state index contributed by atoms with van der Waals surface area (Å²) in [7, 11) is 0. The molecular formula is C12H23NO4. The number of terminal acetylenes is 1. The molecule has 1 aliphatic rings. The summed E-state index contributed by atoms with van der Waals surface area (Å²) in [5.41, 5.74) is 0. The molecule has 0 aromatic rings. The van der Waals surface area contributed by atoms with E-state index in [1.54, 1.807) is 0 Å². The summed E-state index contributed by atoms with van der Waals surface area (Å²) in [4.78, 5) is 10.3. The van der Waals surface area contributed by atoms with Gasteiger partial charge in [0.25, 0.3) is 0 Å². The molecule has 1 heterocycles. The third kappa shape index (κ3) is 11.2. The maximum Gasteiger partial charge on any atom is 0.306 e. The van der Waals surface area contributed by atoms with Gasteiger partial charge in [-0.2, -0.15) is 0 Å². The molecule has 2 atom stereocenters. The minimum absolute atomic E-state index is 0.0190. The number of carboxylic acid groups (broad SMARTS) is 1. The van der Waals surface area contributed by atoms with Crippen LogP contribution in [-0.4, -0.2) is 48.1 Å². The topological polar surface area (TPSA) is 78.8 Å². The Morgan fingerprint density at radius 3 is 2.29 bits per heavy atom. The molecule has 0 spiro atoms. The first kappa shape index (κ1) is 18.3. The number of aliphatic hydroxyl groups is 1. The smallest absolute Gasteiger partial charge is 0.306 e. The fourth-order valence-electron chi connectivity index (χ4n) is 1.11. The molecule has 0 saturated carbocycles. The van der Waals surface area contributed by atoms with Crippen molar-refractivity contribution in [3.05, 3.63) is 0 Å². The largest absolute Gasteiger partial charge is 0.481 e. The first-order valence-electron chi connectivity index (χ1n) is 5.64. The van der Waals surface area contributed by atoms with Crippen molar-refractivity contribution in [1.29, 1.82) is 0 Å². The van der Waals surface area contributed by atoms with Crippen LogP contribution in [0.3, 0.4) is 0 Å². The first-order chi connectivity index (χ1) is 8.13. The molecule has 0 aromatic carbocycles. The summed E-state index contributed by atoms with van der Waals surface area (Å²) in [6.45, 7) is 5.16. The number of carbonyl (C=O) groups is 1. The minimum Gasteiger partial charge on any atom is -0.481 e. The number of ether oxygens (including phenoxy) is 1. The van der Waals surface area contributed by atoms with Crippen LogP contribution in [0.1, 0.15) is 26.7 Å². The Labute approximate surface area is 103 Å². The van der Waals surface area contributed by atoms with Gasteiger partial charge < -0.3 is 20.3 Å². The Bertz CT molecular complexity index is 198. The molecule has 100 valence electrons. The Morgan fingerprint density at radius 2 is 2.00 bits per heavy atom. The number of aliphatic carboxylic acids is 1. The summed E-state index contributed by atoms with van der Waals surface area (Å²) in [6, 6.07) is -0.0463. The molecule has 5 nitrogen and oxygen atoms in total. The van der Waals surface area contributed by atoms with Crippen LogP contribution in [0.25, 0.3) is 0 Å². The van der Waals surface area contributed by atoms with E-state index in [4.69, 9.17) is 14.9 Å². The monoisotopic (exact) mass is 245 g/mol. The number of hydrogen-bond donors (Lipinski definition) is 3. The molecule has 3 N–H and O–H groups in total. The van der Waals surface area contributed by atoms with Crippen molar-refractivity contribution < 1.29 is 19.7 Å². The Kier molecular flexibility index (Phi) is 14.0. The number of morpholine rings is 1. The fourth-order valence-corrected chi connectivity index (χ4v) is 1.11. The fraction of sp³-hybridized carbons (Fsp3) is 0.750. The minimum atomic E-state index is -0.857. The molecule has 0 unspecified atom stereocenters. The predicted molar refractivity (Wildman–Crippen MR) is 66.7 cm³/mol. The predicted octanol–water partition coefficient (Wildman–Crippen LogP) is 0.476. The van der Waals surface area contributed by atoms with E-state index in [2.05, 4.69) is 32.0 Å². The summed E-state index contributed by atoms with van der Waals surface area (Å²) in [5.74, 6) is -0.857. The van der Waals surface area contributed by atoms with Gasteiger partial charge in [-0.05, 0) is 0 Å². The number of hydrogen-bond acceptors (Lipinski definition) is 4. The van der Waals surface area contributed by atoms with Crippen molar-refractivity contribution in [2.75, 3.05) is 19.8 Å². The van der Waals surface area contributed by atoms with E-state index in [1.165, 1.54) is 6.42 Å². The van der Waals surface area contributed by atoms with E-state index in [-0.39, 0.29) is 25.2 Å². The van der Waals surface area contributed by atoms with Gasteiger partial charge in [-0.15, -0.1) is 12.8 Å². The lowest BCUT2D eigenvalue weighted by Gasteiger charge is -2.28. The maximum absolute atomic E-state index is 10.3. The van der Waals surface area contributed by atoms with Crippen LogP contribution < -0.4 is 5.32 Å². The molecule has 1 saturated heterocycles. The molecule has 0 aromatic heterocycles. The average Bonchev–Trinajstić information content (AvgIpc) is 2.33. The van der Waals surface area contributed by atoms with Crippen LogP contribution >= 0.6 is 0 Å². The van der Waals surface area contributed by atoms with E-state index in [0.29, 0.717) is 13.2 Å². The highest BCUT2D eigenvalue weighted by Gasteiger charge is 2.21. The highest BCUT2D eigenvalue weighted by atomic mass is 16.5. The highest BCUT2D eigenvalue weighted by Crippen LogP contribution is 2.04. The van der Waals surface area contributed by atoms with Gasteiger partial charge in [0.1, 0.15) is 0 Å². The third-order valence-corrected chi connectivity index (χ3v) is 1.79. The van der Waals surface area contributed by atoms with Crippen molar-refractivity contribution in [2.24, 2.45) is 0 Å². The lowest BCUT2D eigenvalue weighted by atomic mass is 10.2. The lowest BCUT2D eigenvalue weighted by molar-refractivity contribution is -0.141. The number of rotatable bonds is 3. The quantitative estimate of drug-likeness (QED) is 0.630. The third-order valence-electron chi connectivity index (χ3n) is 1.79. The lowest BCUT2D eigenvalue weighted by Crippen LogP contribution is -2.48. The van der Waals surface area contributed by atoms with Crippen molar-refractivity contribution in [1.82, 2.24) is 5.32 Å². The van der Waals surface area contributed by atoms with Crippen molar-refractivity contribution in [2.45, 2.75) is 38.8 Å². The van der Waals surface area contributed by atoms with Crippen molar-refractivity contribution in [3.63, 3.8) is 0 Å². The normalized spacial score (nSPS) is 22.4. The van der Waals surface area contributed by atoms with Gasteiger partial charge in [0.2, 0.25) is 0 Å². The Balaban J connectivity index is 0. The second kappa shape index (κ2) is 13.0. The zero-order chi connectivity index (χ0) is 13.7. The average molecular weight is 245 g/mol. The molecular weight excluding hydrogens is 222 g/mol. The molecule has 1 rings (SSSR count). The van der Waals surface area contributed by atoms with Gasteiger partial charge in [0.15, 0.2) is 0 Å². The SMILES string of the molecule is C#C.CCC.O=C(O)C[C@H]1CN[C@@H](CO)CO1. The molecule has 17 heavy (non-hydrogen) atoms. The van der Waals surface area contributed by atoms with E-state index < -0.39 is 5.97 Å². The second-order valence-corrected chi connectivity index (χ2v) is 3.55. The van der Waals surface area contributed by atoms with Gasteiger partial charge >= 0.3 is 5.97 Å². The molecule has 0 amide bonds. The summed E-state index contributed by atoms with van der Waals surface area (Å²) in [6.07, 6.45) is 9.01. The van der Waals surface area contributed by atoms with E-state index in [1.807, 2.05) is 0 Å². The second-order valence-electron chi connectivity index (χ2n) is 3.55. The zero-order valence-corrected chi connectivity index (χ0v) is 10.6. The van der Waals surface area contributed by atoms with Crippen molar-refractivity contribution >= 4 is 5.97 Å². The number of carboxylic acids is 1. The Hall–Kier alpha value is -1.09. The van der Waals surface area contributed by atoms with Crippen LogP contribution in [-0.2, 0) is 9.53 Å². The van der Waals surface area contributed by atoms with Gasteiger partial charge in [0, 0.05) is 6.54 Å². The van der Waals surface area contributed by atoms with Crippen LogP contribution in [0.2, 0.25) is 0 Å². The molecule has 1 fully saturated rings. The van der Waals surface area contributed by atoms with Gasteiger partial charge in [-0.3, -0.25) is 4.79 Å². The van der Waals surface area contributed by atoms with Gasteiger partial charge in [-0.25, -0.2) is 0 Å². The molecule has 5 heteroatoms. The van der Waals surface area contributed by atoms with E-state index in [9.17, 15) is 4.79 Å². The summed E-state index contributed by atoms with van der Waals surface area (Å²) >= 11 is 0. The molecule has 0 aliphatic carbocycles. The first-order valence-corrected chi connectivity index (χ1v) is 5.64. The van der Waals surface area contributed by atoms with Crippen molar-refractivity contribution in [3.8, 4) is 12.8 Å². The number of nitrogens with one attached hydrogen (secondary N) is 1. The van der Waals surface area contributed by atoms with Crippen LogP contribution in [0.4, 0.5) is 0 Å². The highest BCUT2D eigenvalue weighted by molar-refractivity contribution is 5.67. The standard InChI is InChI=1S/C7H13NO4.C3H8.C2H2/c9-3-5-4-12-6(2-8-5)1-7(10)11;1-3-2;1-2/h5-6,8-9H,1-4H2,(H,10,11);3H2,1-2H3;1-2H/t5-,6-;;/m0../s1. The molecule has 0 radical (unpaired) electrons. The zero-order valence-electron chi connectivity index (χ0n) is 10.6. The van der Waals surface area contributed by atoms with Gasteiger partial charge in [-0.1, -0.05) is 20.3 Å².